The van der Waals surface area contributed by atoms with Gasteiger partial charge in [0.05, 0.1) is 6.54 Å². The normalized spacial score (nSPS) is 10.9. The van der Waals surface area contributed by atoms with Crippen LogP contribution in [0, 0.1) is 6.92 Å². The summed E-state index contributed by atoms with van der Waals surface area (Å²) in [5.41, 5.74) is 1.98. The Morgan fingerprint density at radius 3 is 2.65 bits per heavy atom. The number of hydrogen-bond acceptors (Lipinski definition) is 3. The zero-order valence-electron chi connectivity index (χ0n) is 10.5. The van der Waals surface area contributed by atoms with Crippen molar-refractivity contribution in [3.8, 4) is 0 Å². The Labute approximate surface area is 101 Å². The van der Waals surface area contributed by atoms with Crippen molar-refractivity contribution < 1.29 is 8.78 Å². The smallest absolute Gasteiger partial charge is 0.255 e. The van der Waals surface area contributed by atoms with Gasteiger partial charge in [0, 0.05) is 19.3 Å². The van der Waals surface area contributed by atoms with Crippen LogP contribution in [0.4, 0.5) is 14.6 Å². The van der Waals surface area contributed by atoms with Gasteiger partial charge in [-0.1, -0.05) is 13.0 Å². The highest BCUT2D eigenvalue weighted by atomic mass is 19.3. The van der Waals surface area contributed by atoms with Crippen molar-refractivity contribution in [3.63, 3.8) is 0 Å². The summed E-state index contributed by atoms with van der Waals surface area (Å²) in [6.07, 6.45) is -2.34. The molecule has 0 aliphatic heterocycles. The van der Waals surface area contributed by atoms with Crippen molar-refractivity contribution >= 4 is 5.82 Å². The van der Waals surface area contributed by atoms with E-state index < -0.39 is 6.43 Å². The average molecular weight is 243 g/mol. The van der Waals surface area contributed by atoms with E-state index in [1.165, 1.54) is 4.90 Å². The monoisotopic (exact) mass is 243 g/mol. The topological polar surface area (TPSA) is 28.2 Å². The van der Waals surface area contributed by atoms with Gasteiger partial charge in [-0.25, -0.2) is 13.8 Å². The van der Waals surface area contributed by atoms with Gasteiger partial charge >= 0.3 is 0 Å². The molecule has 1 rings (SSSR count). The molecule has 3 nitrogen and oxygen atoms in total. The molecule has 0 bridgehead atoms. The van der Waals surface area contributed by atoms with E-state index in [0.717, 1.165) is 24.3 Å². The highest BCUT2D eigenvalue weighted by Gasteiger charge is 2.10. The van der Waals surface area contributed by atoms with Gasteiger partial charge in [0.2, 0.25) is 0 Å². The van der Waals surface area contributed by atoms with E-state index in [0.29, 0.717) is 5.82 Å². The first-order valence-corrected chi connectivity index (χ1v) is 5.71. The van der Waals surface area contributed by atoms with Crippen molar-refractivity contribution in [1.82, 2.24) is 10.3 Å². The highest BCUT2D eigenvalue weighted by molar-refractivity contribution is 5.40. The van der Waals surface area contributed by atoms with Crippen LogP contribution < -0.4 is 10.2 Å². The van der Waals surface area contributed by atoms with Crippen molar-refractivity contribution in [2.45, 2.75) is 26.8 Å². The van der Waals surface area contributed by atoms with Crippen molar-refractivity contribution in [2.24, 2.45) is 0 Å². The zero-order valence-corrected chi connectivity index (χ0v) is 10.5. The number of alkyl halides is 2. The molecule has 0 spiro atoms. The molecule has 0 unspecified atom stereocenters. The third kappa shape index (κ3) is 4.26. The first kappa shape index (κ1) is 13.8. The van der Waals surface area contributed by atoms with Crippen LogP contribution in [0.1, 0.15) is 18.2 Å². The van der Waals surface area contributed by atoms with Gasteiger partial charge in [-0.3, -0.25) is 0 Å². The van der Waals surface area contributed by atoms with Gasteiger partial charge < -0.3 is 10.2 Å². The van der Waals surface area contributed by atoms with Crippen LogP contribution in [-0.2, 0) is 6.54 Å². The predicted molar refractivity (Wildman–Crippen MR) is 65.6 cm³/mol. The molecule has 17 heavy (non-hydrogen) atoms. The zero-order chi connectivity index (χ0) is 12.8. The van der Waals surface area contributed by atoms with Gasteiger partial charge in [-0.15, -0.1) is 0 Å². The van der Waals surface area contributed by atoms with Crippen LogP contribution >= 0.6 is 0 Å². The molecular weight excluding hydrogens is 224 g/mol. The van der Waals surface area contributed by atoms with Gasteiger partial charge in [0.25, 0.3) is 6.43 Å². The van der Waals surface area contributed by atoms with Gasteiger partial charge in [-0.2, -0.15) is 0 Å². The number of hydrogen-bond donors (Lipinski definition) is 1. The molecule has 1 aromatic heterocycles. The van der Waals surface area contributed by atoms with Crippen LogP contribution in [0.5, 0.6) is 0 Å². The molecule has 0 saturated heterocycles. The maximum Gasteiger partial charge on any atom is 0.255 e. The Balaban J connectivity index is 2.73. The summed E-state index contributed by atoms with van der Waals surface area (Å²) in [5.74, 6) is 0.586. The summed E-state index contributed by atoms with van der Waals surface area (Å²) in [4.78, 5) is 5.80. The molecule has 1 aromatic rings. The highest BCUT2D eigenvalue weighted by Crippen LogP contribution is 2.14. The fourth-order valence-electron chi connectivity index (χ4n) is 1.54. The van der Waals surface area contributed by atoms with E-state index >= 15 is 0 Å². The van der Waals surface area contributed by atoms with Crippen LogP contribution in [0.25, 0.3) is 0 Å². The second kappa shape index (κ2) is 6.49. The molecule has 0 aliphatic carbocycles. The lowest BCUT2D eigenvalue weighted by Crippen LogP contribution is -2.25. The van der Waals surface area contributed by atoms with Crippen LogP contribution in [0.2, 0.25) is 0 Å². The van der Waals surface area contributed by atoms with E-state index in [4.69, 9.17) is 0 Å². The summed E-state index contributed by atoms with van der Waals surface area (Å²) in [5, 5.41) is 3.21. The largest absolute Gasteiger partial charge is 0.354 e. The molecule has 0 atom stereocenters. The summed E-state index contributed by atoms with van der Waals surface area (Å²) in [7, 11) is 1.62. The number of aryl methyl sites for hydroxylation is 1. The number of halogens is 2. The predicted octanol–water partition coefficient (Wildman–Crippen LogP) is 2.20. The second-order valence-electron chi connectivity index (χ2n) is 3.97. The summed E-state index contributed by atoms with van der Waals surface area (Å²) >= 11 is 0. The quantitative estimate of drug-likeness (QED) is 0.830. The van der Waals surface area contributed by atoms with Crippen LogP contribution in [0.3, 0.4) is 0 Å². The summed E-state index contributed by atoms with van der Waals surface area (Å²) in [6.45, 7) is 5.29. The lowest BCUT2D eigenvalue weighted by atomic mass is 10.2. The maximum atomic E-state index is 12.2. The summed E-state index contributed by atoms with van der Waals surface area (Å²) in [6, 6.07) is 3.71. The molecule has 0 radical (unpaired) electrons. The van der Waals surface area contributed by atoms with Crippen LogP contribution in [-0.4, -0.2) is 31.5 Å². The van der Waals surface area contributed by atoms with Gasteiger partial charge in [0.15, 0.2) is 0 Å². The van der Waals surface area contributed by atoms with Gasteiger partial charge in [-0.05, 0) is 25.1 Å². The Morgan fingerprint density at radius 2 is 2.12 bits per heavy atom. The molecule has 0 aliphatic rings. The number of aromatic nitrogens is 1. The number of pyridine rings is 1. The fourth-order valence-corrected chi connectivity index (χ4v) is 1.54. The van der Waals surface area contributed by atoms with E-state index in [2.05, 4.69) is 10.3 Å². The number of nitrogens with one attached hydrogen (secondary N) is 1. The third-order valence-electron chi connectivity index (χ3n) is 2.55. The Bertz CT molecular complexity index is 356. The molecule has 96 valence electrons. The minimum Gasteiger partial charge on any atom is -0.354 e. The fraction of sp³-hybridized carbons (Fsp3) is 0.583. The number of rotatable bonds is 6. The van der Waals surface area contributed by atoms with Crippen molar-refractivity contribution in [3.05, 3.63) is 23.4 Å². The summed E-state index contributed by atoms with van der Waals surface area (Å²) < 4.78 is 24.5. The minimum absolute atomic E-state index is 0.293. The first-order valence-electron chi connectivity index (χ1n) is 5.71. The van der Waals surface area contributed by atoms with E-state index in [1.807, 2.05) is 19.9 Å². The number of anilines is 1. The van der Waals surface area contributed by atoms with Crippen molar-refractivity contribution in [1.29, 1.82) is 0 Å². The van der Waals surface area contributed by atoms with Crippen LogP contribution in [0.15, 0.2) is 12.1 Å². The van der Waals surface area contributed by atoms with E-state index in [1.54, 1.807) is 13.1 Å². The minimum atomic E-state index is -2.34. The Hall–Kier alpha value is -1.23. The molecule has 1 N–H and O–H groups in total. The standard InChI is InChI=1S/C12H19F2N3/c1-4-15-7-10-5-6-12(16-9(10)2)17(3)8-11(13)14/h5-6,11,15H,4,7-8H2,1-3H3. The SMILES string of the molecule is CCNCc1ccc(N(C)CC(F)F)nc1C. The molecule has 0 fully saturated rings. The number of nitrogens with zero attached hydrogens (tertiary/aromatic N) is 2. The molecular formula is C12H19F2N3. The maximum absolute atomic E-state index is 12.2. The molecule has 5 heteroatoms. The molecule has 0 amide bonds. The van der Waals surface area contributed by atoms with E-state index in [9.17, 15) is 8.78 Å². The molecule has 0 aromatic carbocycles. The molecule has 1 heterocycles. The Morgan fingerprint density at radius 1 is 1.41 bits per heavy atom. The van der Waals surface area contributed by atoms with Gasteiger partial charge in [0.1, 0.15) is 5.82 Å². The first-order chi connectivity index (χ1) is 8.04. The second-order valence-corrected chi connectivity index (χ2v) is 3.97. The lowest BCUT2D eigenvalue weighted by molar-refractivity contribution is 0.156. The lowest BCUT2D eigenvalue weighted by Gasteiger charge is -2.18. The Kier molecular flexibility index (Phi) is 5.28. The van der Waals surface area contributed by atoms with E-state index in [-0.39, 0.29) is 6.54 Å². The third-order valence-corrected chi connectivity index (χ3v) is 2.55. The van der Waals surface area contributed by atoms with Crippen molar-refractivity contribution in [2.75, 3.05) is 25.0 Å². The average Bonchev–Trinajstić information content (AvgIpc) is 2.26. The molecule has 0 saturated carbocycles.